The molecule has 1 aromatic heterocycles. The van der Waals surface area contributed by atoms with Crippen molar-refractivity contribution in [3.05, 3.63) is 79.8 Å². The van der Waals surface area contributed by atoms with Crippen LogP contribution in [0.5, 0.6) is 5.75 Å². The zero-order chi connectivity index (χ0) is 36.5. The molecule has 1 saturated heterocycles. The van der Waals surface area contributed by atoms with E-state index in [4.69, 9.17) is 21.4 Å². The Morgan fingerprint density at radius 2 is 1.80 bits per heavy atom. The first-order chi connectivity index (χ1) is 23.6. The molecule has 50 heavy (non-hydrogen) atoms. The molecule has 3 N–H and O–H groups in total. The number of ether oxygens (including phenoxy) is 1. The zero-order valence-corrected chi connectivity index (χ0v) is 29.4. The standard InChI is InChI=1S/C35H42ClFN6O7/c1-20(18-38-33(47)48)43-30(44)25(24-7-6-8-26(37)28(24)36)19-42(34(43)49)31(45)29(35(2,3)4)40-14-12-22(13-15-40)41-16-11-21-17-23(50-5)9-10-27(21)39-32(41)46/h6-10,17,19-20,22,29,38H,11-16,18H2,1-5H3,(H,39,46)(H,47,48)/t20-,29?/m0/s1. The molecule has 0 saturated carbocycles. The van der Waals surface area contributed by atoms with Crippen LogP contribution in [0.3, 0.4) is 0 Å². The van der Waals surface area contributed by atoms with Crippen LogP contribution in [0.4, 0.5) is 19.7 Å². The molecule has 3 aromatic rings. The van der Waals surface area contributed by atoms with Crippen molar-refractivity contribution in [2.24, 2.45) is 5.41 Å². The Kier molecular flexibility index (Phi) is 10.7. The van der Waals surface area contributed by atoms with Gasteiger partial charge in [0, 0.05) is 49.7 Å². The summed E-state index contributed by atoms with van der Waals surface area (Å²) >= 11 is 6.27. The third-order valence-corrected chi connectivity index (χ3v) is 9.77. The molecule has 0 aliphatic carbocycles. The maximum absolute atomic E-state index is 14.6. The molecule has 3 heterocycles. The van der Waals surface area contributed by atoms with Crippen LogP contribution < -0.4 is 26.6 Å². The second-order valence-electron chi connectivity index (χ2n) is 13.8. The normalized spacial score (nSPS) is 16.9. The van der Waals surface area contributed by atoms with E-state index >= 15 is 0 Å². The first-order valence-corrected chi connectivity index (χ1v) is 16.8. The van der Waals surface area contributed by atoms with E-state index in [1.54, 1.807) is 13.2 Å². The van der Waals surface area contributed by atoms with Crippen LogP contribution in [0.25, 0.3) is 11.1 Å². The molecule has 3 amide bonds. The van der Waals surface area contributed by atoms with Gasteiger partial charge in [0.1, 0.15) is 11.6 Å². The van der Waals surface area contributed by atoms with Crippen molar-refractivity contribution < 1.29 is 28.6 Å². The molecule has 0 bridgehead atoms. The molecule has 0 spiro atoms. The number of aromatic nitrogens is 2. The molecule has 2 aliphatic rings. The minimum Gasteiger partial charge on any atom is -0.497 e. The Hall–Kier alpha value is -4.69. The van der Waals surface area contributed by atoms with E-state index in [1.165, 1.54) is 19.1 Å². The number of hydrogen-bond acceptors (Lipinski definition) is 7. The van der Waals surface area contributed by atoms with Gasteiger partial charge in [0.15, 0.2) is 0 Å². The van der Waals surface area contributed by atoms with E-state index in [1.807, 2.05) is 42.7 Å². The summed E-state index contributed by atoms with van der Waals surface area (Å²) in [7, 11) is 1.60. The van der Waals surface area contributed by atoms with Crippen LogP contribution in [0.15, 0.2) is 52.2 Å². The number of urea groups is 1. The minimum atomic E-state index is -1.36. The molecule has 15 heteroatoms. The average Bonchev–Trinajstić information content (AvgIpc) is 3.22. The quantitative estimate of drug-likeness (QED) is 0.298. The summed E-state index contributed by atoms with van der Waals surface area (Å²) < 4.78 is 21.5. The van der Waals surface area contributed by atoms with E-state index in [-0.39, 0.29) is 34.8 Å². The summed E-state index contributed by atoms with van der Waals surface area (Å²) in [4.78, 5) is 70.6. The molecule has 268 valence electrons. The van der Waals surface area contributed by atoms with Crippen LogP contribution in [0.2, 0.25) is 5.02 Å². The molecule has 1 fully saturated rings. The number of halogens is 2. The van der Waals surface area contributed by atoms with Gasteiger partial charge in [0.05, 0.1) is 29.8 Å². The molecule has 2 atom stereocenters. The third-order valence-electron chi connectivity index (χ3n) is 9.38. The van der Waals surface area contributed by atoms with Crippen molar-refractivity contribution in [3.8, 4) is 16.9 Å². The lowest BCUT2D eigenvalue weighted by Crippen LogP contribution is -2.58. The van der Waals surface area contributed by atoms with E-state index in [0.717, 1.165) is 32.6 Å². The lowest BCUT2D eigenvalue weighted by Gasteiger charge is -2.44. The number of carboxylic acid groups (broad SMARTS) is 1. The molecule has 13 nitrogen and oxygen atoms in total. The van der Waals surface area contributed by atoms with Gasteiger partial charge in [-0.1, -0.05) is 44.5 Å². The van der Waals surface area contributed by atoms with Gasteiger partial charge in [0.25, 0.3) is 11.5 Å². The number of benzene rings is 2. The zero-order valence-electron chi connectivity index (χ0n) is 28.7. The van der Waals surface area contributed by atoms with Gasteiger partial charge >= 0.3 is 17.8 Å². The highest BCUT2D eigenvalue weighted by Gasteiger charge is 2.41. The summed E-state index contributed by atoms with van der Waals surface area (Å²) in [5.74, 6) is -0.694. The molecule has 2 aromatic carbocycles. The SMILES string of the molecule is COc1ccc2c(c1)CCN(C1CCN(C(C(=O)n3cc(-c4cccc(F)c4Cl)c(=O)n([C@@H](C)CNC(=O)O)c3=O)C(C)(C)C)CC1)C(=O)N2. The van der Waals surface area contributed by atoms with E-state index in [9.17, 15) is 28.4 Å². The second kappa shape index (κ2) is 14.7. The van der Waals surface area contributed by atoms with E-state index in [2.05, 4.69) is 10.6 Å². The fourth-order valence-corrected chi connectivity index (χ4v) is 7.13. The number of nitrogens with zero attached hydrogens (tertiary/aromatic N) is 4. The number of piperidine rings is 1. The van der Waals surface area contributed by atoms with Crippen molar-refractivity contribution in [2.45, 2.75) is 65.1 Å². The predicted molar refractivity (Wildman–Crippen MR) is 187 cm³/mol. The van der Waals surface area contributed by atoms with Crippen LogP contribution in [-0.2, 0) is 6.42 Å². The lowest BCUT2D eigenvalue weighted by atomic mass is 9.83. The molecular formula is C35H42ClFN6O7. The average molecular weight is 713 g/mol. The number of carbonyl (C=O) groups is 3. The Balaban J connectivity index is 1.46. The van der Waals surface area contributed by atoms with Crippen molar-refractivity contribution in [1.29, 1.82) is 0 Å². The van der Waals surface area contributed by atoms with Crippen LogP contribution in [-0.4, -0.2) is 87.4 Å². The van der Waals surface area contributed by atoms with Crippen molar-refractivity contribution in [1.82, 2.24) is 24.3 Å². The number of methoxy groups -OCH3 is 1. The van der Waals surface area contributed by atoms with Gasteiger partial charge in [-0.05, 0) is 61.4 Å². The number of nitrogens with one attached hydrogen (secondary N) is 2. The van der Waals surface area contributed by atoms with Crippen molar-refractivity contribution >= 4 is 35.3 Å². The van der Waals surface area contributed by atoms with Gasteiger partial charge in [0.2, 0.25) is 0 Å². The molecule has 0 radical (unpaired) electrons. The topological polar surface area (TPSA) is 155 Å². The minimum absolute atomic E-state index is 0.0187. The van der Waals surface area contributed by atoms with Gasteiger partial charge in [-0.25, -0.2) is 23.3 Å². The number of fused-ring (bicyclic) bond motifs is 1. The summed E-state index contributed by atoms with van der Waals surface area (Å²) in [6.07, 6.45) is 1.53. The Labute approximate surface area is 293 Å². The maximum Gasteiger partial charge on any atom is 0.404 e. The number of rotatable bonds is 8. The van der Waals surface area contributed by atoms with Crippen molar-refractivity contribution in [2.75, 3.05) is 38.6 Å². The highest BCUT2D eigenvalue weighted by Crippen LogP contribution is 2.32. The Morgan fingerprint density at radius 3 is 2.44 bits per heavy atom. The van der Waals surface area contributed by atoms with Crippen LogP contribution in [0.1, 0.15) is 56.9 Å². The fourth-order valence-electron chi connectivity index (χ4n) is 6.91. The van der Waals surface area contributed by atoms with E-state index < -0.39 is 46.6 Å². The summed E-state index contributed by atoms with van der Waals surface area (Å²) in [5, 5.41) is 14.0. The van der Waals surface area contributed by atoms with Crippen LogP contribution >= 0.6 is 11.6 Å². The Morgan fingerprint density at radius 1 is 1.10 bits per heavy atom. The van der Waals surface area contributed by atoms with Gasteiger partial charge < -0.3 is 25.4 Å². The van der Waals surface area contributed by atoms with Gasteiger partial charge in [-0.15, -0.1) is 0 Å². The Bertz CT molecular complexity index is 1910. The molecule has 2 aliphatic heterocycles. The fraction of sp³-hybridized carbons (Fsp3) is 0.457. The molecule has 5 rings (SSSR count). The van der Waals surface area contributed by atoms with Gasteiger partial charge in [-0.2, -0.15) is 0 Å². The number of hydrogen-bond donors (Lipinski definition) is 3. The molecule has 1 unspecified atom stereocenters. The van der Waals surface area contributed by atoms with Crippen molar-refractivity contribution in [3.63, 3.8) is 0 Å². The number of likely N-dealkylation sites (tertiary alicyclic amines) is 1. The van der Waals surface area contributed by atoms with Crippen LogP contribution in [0, 0.1) is 11.2 Å². The third kappa shape index (κ3) is 7.41. The smallest absolute Gasteiger partial charge is 0.404 e. The monoisotopic (exact) mass is 712 g/mol. The second-order valence-corrected chi connectivity index (χ2v) is 14.2. The maximum atomic E-state index is 14.6. The number of carbonyl (C=O) groups excluding carboxylic acids is 2. The first-order valence-electron chi connectivity index (χ1n) is 16.4. The highest BCUT2D eigenvalue weighted by molar-refractivity contribution is 6.33. The van der Waals surface area contributed by atoms with Gasteiger partial charge in [-0.3, -0.25) is 19.1 Å². The van der Waals surface area contributed by atoms with E-state index in [0.29, 0.717) is 44.6 Å². The largest absolute Gasteiger partial charge is 0.497 e. The number of anilines is 1. The lowest BCUT2D eigenvalue weighted by molar-refractivity contribution is 0.0345. The predicted octanol–water partition coefficient (Wildman–Crippen LogP) is 4.92. The summed E-state index contributed by atoms with van der Waals surface area (Å²) in [6.45, 7) is 8.18. The molecular weight excluding hydrogens is 671 g/mol. The first kappa shape index (κ1) is 36.6. The summed E-state index contributed by atoms with van der Waals surface area (Å²) in [6, 6.07) is 7.31. The summed E-state index contributed by atoms with van der Waals surface area (Å²) in [5.41, 5.74) is -0.995. The number of amides is 3. The highest BCUT2D eigenvalue weighted by atomic mass is 35.5.